The van der Waals surface area contributed by atoms with Crippen LogP contribution in [0.1, 0.15) is 6.92 Å². The highest BCUT2D eigenvalue weighted by molar-refractivity contribution is 9.10. The van der Waals surface area contributed by atoms with Crippen molar-refractivity contribution >= 4 is 26.8 Å². The summed E-state index contributed by atoms with van der Waals surface area (Å²) in [6.07, 6.45) is 1.84. The Hall–Kier alpha value is -1.03. The van der Waals surface area contributed by atoms with Gasteiger partial charge in [0.1, 0.15) is 11.3 Å². The van der Waals surface area contributed by atoms with Gasteiger partial charge in [-0.2, -0.15) is 5.10 Å². The van der Waals surface area contributed by atoms with Crippen LogP contribution >= 0.6 is 15.9 Å². The van der Waals surface area contributed by atoms with Gasteiger partial charge in [0.2, 0.25) is 0 Å². The minimum Gasteiger partial charge on any atom is -0.492 e. The lowest BCUT2D eigenvalue weighted by Gasteiger charge is -2.06. The summed E-state index contributed by atoms with van der Waals surface area (Å²) < 4.78 is 8.40. The third-order valence-electron chi connectivity index (χ3n) is 2.11. The van der Waals surface area contributed by atoms with Gasteiger partial charge in [0.25, 0.3) is 0 Å². The zero-order valence-corrected chi connectivity index (χ0v) is 9.71. The van der Waals surface area contributed by atoms with E-state index >= 15 is 0 Å². The van der Waals surface area contributed by atoms with E-state index in [0.717, 1.165) is 21.1 Å². The second-order valence-electron chi connectivity index (χ2n) is 3.01. The normalized spacial score (nSPS) is 10.8. The average Bonchev–Trinajstić information content (AvgIpc) is 2.55. The molecule has 0 amide bonds. The number of rotatable bonds is 2. The summed E-state index contributed by atoms with van der Waals surface area (Å²) in [6.45, 7) is 2.64. The molecule has 4 heteroatoms. The maximum Gasteiger partial charge on any atom is 0.145 e. The van der Waals surface area contributed by atoms with E-state index in [4.69, 9.17) is 4.74 Å². The van der Waals surface area contributed by atoms with Crippen LogP contribution in [0, 0.1) is 0 Å². The Morgan fingerprint density at radius 1 is 1.50 bits per heavy atom. The monoisotopic (exact) mass is 254 g/mol. The highest BCUT2D eigenvalue weighted by Crippen LogP contribution is 2.30. The second-order valence-corrected chi connectivity index (χ2v) is 3.86. The number of ether oxygens (including phenoxy) is 1. The Morgan fingerprint density at radius 2 is 2.29 bits per heavy atom. The van der Waals surface area contributed by atoms with Crippen LogP contribution in [0.3, 0.4) is 0 Å². The van der Waals surface area contributed by atoms with Crippen molar-refractivity contribution in [3.63, 3.8) is 0 Å². The van der Waals surface area contributed by atoms with Crippen LogP contribution in [-0.2, 0) is 7.05 Å². The van der Waals surface area contributed by atoms with E-state index < -0.39 is 0 Å². The molecule has 0 aliphatic heterocycles. The Bertz CT molecular complexity index is 464. The fraction of sp³-hybridized carbons (Fsp3) is 0.300. The Morgan fingerprint density at radius 3 is 3.00 bits per heavy atom. The van der Waals surface area contributed by atoms with Gasteiger partial charge in [0.05, 0.1) is 12.8 Å². The molecule has 0 saturated heterocycles. The number of nitrogens with zero attached hydrogens (tertiary/aromatic N) is 2. The topological polar surface area (TPSA) is 27.1 Å². The predicted octanol–water partition coefficient (Wildman–Crippen LogP) is 2.73. The van der Waals surface area contributed by atoms with Gasteiger partial charge in [-0.25, -0.2) is 0 Å². The van der Waals surface area contributed by atoms with E-state index in [0.29, 0.717) is 6.61 Å². The number of fused-ring (bicyclic) bond motifs is 1. The van der Waals surface area contributed by atoms with Crippen molar-refractivity contribution in [1.82, 2.24) is 9.78 Å². The Balaban J connectivity index is 2.72. The first-order chi connectivity index (χ1) is 6.74. The fourth-order valence-corrected chi connectivity index (χ4v) is 1.92. The number of hydrogen-bond acceptors (Lipinski definition) is 2. The SMILES string of the molecule is CCOc1ccc(Br)c2cnn(C)c12. The van der Waals surface area contributed by atoms with E-state index in [2.05, 4.69) is 21.0 Å². The molecule has 0 bridgehead atoms. The van der Waals surface area contributed by atoms with Crippen molar-refractivity contribution in [2.75, 3.05) is 6.61 Å². The summed E-state index contributed by atoms with van der Waals surface area (Å²) in [5, 5.41) is 5.29. The third-order valence-corrected chi connectivity index (χ3v) is 2.80. The maximum atomic E-state index is 5.53. The average molecular weight is 255 g/mol. The Kier molecular flexibility index (Phi) is 2.46. The lowest BCUT2D eigenvalue weighted by molar-refractivity contribution is 0.342. The van der Waals surface area contributed by atoms with E-state index in [1.807, 2.05) is 37.0 Å². The summed E-state index contributed by atoms with van der Waals surface area (Å²) >= 11 is 3.49. The van der Waals surface area contributed by atoms with Crippen LogP contribution in [0.15, 0.2) is 22.8 Å². The molecule has 0 fully saturated rings. The van der Waals surface area contributed by atoms with E-state index in [9.17, 15) is 0 Å². The minimum absolute atomic E-state index is 0.669. The summed E-state index contributed by atoms with van der Waals surface area (Å²) in [6, 6.07) is 3.94. The van der Waals surface area contributed by atoms with Crippen molar-refractivity contribution in [3.8, 4) is 5.75 Å². The zero-order chi connectivity index (χ0) is 10.1. The van der Waals surface area contributed by atoms with Crippen LogP contribution in [-0.4, -0.2) is 16.4 Å². The molecule has 2 rings (SSSR count). The second kappa shape index (κ2) is 3.61. The highest BCUT2D eigenvalue weighted by Gasteiger charge is 2.09. The maximum absolute atomic E-state index is 5.53. The molecule has 0 spiro atoms. The van der Waals surface area contributed by atoms with Gasteiger partial charge >= 0.3 is 0 Å². The van der Waals surface area contributed by atoms with Crippen molar-refractivity contribution in [3.05, 3.63) is 22.8 Å². The molecule has 0 saturated carbocycles. The molecular weight excluding hydrogens is 244 g/mol. The lowest BCUT2D eigenvalue weighted by Crippen LogP contribution is -1.96. The molecule has 0 aliphatic rings. The fourth-order valence-electron chi connectivity index (χ4n) is 1.49. The highest BCUT2D eigenvalue weighted by atomic mass is 79.9. The van der Waals surface area contributed by atoms with E-state index in [1.165, 1.54) is 0 Å². The molecule has 1 aromatic heterocycles. The van der Waals surface area contributed by atoms with Crippen LogP contribution in [0.2, 0.25) is 0 Å². The number of aromatic nitrogens is 2. The van der Waals surface area contributed by atoms with Gasteiger partial charge in [-0.15, -0.1) is 0 Å². The molecule has 14 heavy (non-hydrogen) atoms. The van der Waals surface area contributed by atoms with E-state index in [1.54, 1.807) is 0 Å². The Labute approximate surface area is 90.8 Å². The van der Waals surface area contributed by atoms with Crippen LogP contribution in [0.25, 0.3) is 10.9 Å². The standard InChI is InChI=1S/C10H11BrN2O/c1-3-14-9-5-4-8(11)7-6-12-13(2)10(7)9/h4-6H,3H2,1-2H3. The van der Waals surface area contributed by atoms with Crippen LogP contribution < -0.4 is 4.74 Å². The minimum atomic E-state index is 0.669. The molecule has 74 valence electrons. The lowest BCUT2D eigenvalue weighted by atomic mass is 10.2. The molecule has 3 nitrogen and oxygen atoms in total. The van der Waals surface area contributed by atoms with Gasteiger partial charge in [0.15, 0.2) is 0 Å². The van der Waals surface area contributed by atoms with Crippen molar-refractivity contribution in [1.29, 1.82) is 0 Å². The summed E-state index contributed by atoms with van der Waals surface area (Å²) in [5.74, 6) is 0.880. The number of halogens is 1. The first kappa shape index (κ1) is 9.52. The summed E-state index contributed by atoms with van der Waals surface area (Å²) in [4.78, 5) is 0. The smallest absolute Gasteiger partial charge is 0.145 e. The summed E-state index contributed by atoms with van der Waals surface area (Å²) in [7, 11) is 1.91. The molecule has 1 heterocycles. The number of benzene rings is 1. The van der Waals surface area contributed by atoms with Crippen molar-refractivity contribution in [2.45, 2.75) is 6.92 Å². The van der Waals surface area contributed by atoms with Gasteiger partial charge in [-0.1, -0.05) is 15.9 Å². The molecule has 0 unspecified atom stereocenters. The third kappa shape index (κ3) is 1.39. The number of aryl methyl sites for hydroxylation is 1. The van der Waals surface area contributed by atoms with Crippen LogP contribution in [0.4, 0.5) is 0 Å². The first-order valence-corrected chi connectivity index (χ1v) is 5.26. The number of hydrogen-bond donors (Lipinski definition) is 0. The molecule has 0 aliphatic carbocycles. The molecule has 0 atom stereocenters. The molecule has 1 aromatic carbocycles. The summed E-state index contributed by atoms with van der Waals surface area (Å²) in [5.41, 5.74) is 1.03. The predicted molar refractivity (Wildman–Crippen MR) is 59.6 cm³/mol. The quantitative estimate of drug-likeness (QED) is 0.824. The molecule has 0 N–H and O–H groups in total. The van der Waals surface area contributed by atoms with Crippen molar-refractivity contribution < 1.29 is 4.74 Å². The van der Waals surface area contributed by atoms with Crippen LogP contribution in [0.5, 0.6) is 5.75 Å². The first-order valence-electron chi connectivity index (χ1n) is 4.47. The van der Waals surface area contributed by atoms with Gasteiger partial charge in [-0.3, -0.25) is 4.68 Å². The van der Waals surface area contributed by atoms with Gasteiger partial charge < -0.3 is 4.74 Å². The van der Waals surface area contributed by atoms with Crippen molar-refractivity contribution in [2.24, 2.45) is 7.05 Å². The zero-order valence-electron chi connectivity index (χ0n) is 8.12. The molecule has 2 aromatic rings. The molecular formula is C10H11BrN2O. The van der Waals surface area contributed by atoms with E-state index in [-0.39, 0.29) is 0 Å². The van der Waals surface area contributed by atoms with Gasteiger partial charge in [-0.05, 0) is 19.1 Å². The molecule has 0 radical (unpaired) electrons. The van der Waals surface area contributed by atoms with Gasteiger partial charge in [0, 0.05) is 16.9 Å². The largest absolute Gasteiger partial charge is 0.492 e.